The highest BCUT2D eigenvalue weighted by Crippen LogP contribution is 2.15. The monoisotopic (exact) mass is 274 g/mol. The van der Waals surface area contributed by atoms with E-state index in [0.717, 1.165) is 0 Å². The second kappa shape index (κ2) is 7.25. The van der Waals surface area contributed by atoms with E-state index in [1.165, 1.54) is 0 Å². The Bertz CT molecular complexity index is 273. The first kappa shape index (κ1) is 18.4. The topological polar surface area (TPSA) is 44.8 Å². The van der Waals surface area contributed by atoms with E-state index in [4.69, 9.17) is 14.2 Å². The third kappa shape index (κ3) is 9.91. The highest BCUT2D eigenvalue weighted by molar-refractivity contribution is 5.75. The van der Waals surface area contributed by atoms with Crippen LogP contribution in [0.15, 0.2) is 0 Å². The van der Waals surface area contributed by atoms with Crippen molar-refractivity contribution in [2.45, 2.75) is 73.2 Å². The van der Waals surface area contributed by atoms with Gasteiger partial charge in [0.1, 0.15) is 6.61 Å². The maximum absolute atomic E-state index is 11.6. The summed E-state index contributed by atoms with van der Waals surface area (Å²) in [4.78, 5) is 11.6. The van der Waals surface area contributed by atoms with Crippen LogP contribution in [0.4, 0.5) is 0 Å². The van der Waals surface area contributed by atoms with Crippen molar-refractivity contribution in [3.63, 3.8) is 0 Å². The minimum atomic E-state index is -0.470. The number of carbonyl (C=O) groups is 1. The minimum absolute atomic E-state index is 0.0146. The zero-order chi connectivity index (χ0) is 15.3. The van der Waals surface area contributed by atoms with Gasteiger partial charge in [-0.15, -0.1) is 0 Å². The van der Waals surface area contributed by atoms with Gasteiger partial charge in [-0.25, -0.2) is 0 Å². The quantitative estimate of drug-likeness (QED) is 0.698. The summed E-state index contributed by atoms with van der Waals surface area (Å²) in [6.07, 6.45) is -0.113. The van der Waals surface area contributed by atoms with E-state index in [-0.39, 0.29) is 30.4 Å². The molecule has 0 aromatic rings. The normalized spacial score (nSPS) is 16.0. The molecule has 0 bridgehead atoms. The van der Waals surface area contributed by atoms with Crippen LogP contribution >= 0.6 is 0 Å². The summed E-state index contributed by atoms with van der Waals surface area (Å²) in [5.41, 5.74) is -0.646. The maximum Gasteiger partial charge on any atom is 0.311 e. The molecule has 4 heteroatoms. The highest BCUT2D eigenvalue weighted by atomic mass is 16.6. The fourth-order valence-corrected chi connectivity index (χ4v) is 1.40. The number of esters is 1. The fourth-order valence-electron chi connectivity index (χ4n) is 1.40. The van der Waals surface area contributed by atoms with E-state index in [9.17, 15) is 4.79 Å². The first-order chi connectivity index (χ1) is 8.42. The van der Waals surface area contributed by atoms with Gasteiger partial charge in [0, 0.05) is 0 Å². The molecule has 0 aromatic heterocycles. The summed E-state index contributed by atoms with van der Waals surface area (Å²) in [7, 11) is 0. The molecule has 0 N–H and O–H groups in total. The molecule has 19 heavy (non-hydrogen) atoms. The zero-order valence-electron chi connectivity index (χ0n) is 13.7. The first-order valence-electron chi connectivity index (χ1n) is 6.88. The third-order valence-corrected chi connectivity index (χ3v) is 2.23. The van der Waals surface area contributed by atoms with Gasteiger partial charge >= 0.3 is 5.97 Å². The highest BCUT2D eigenvalue weighted by Gasteiger charge is 2.24. The Labute approximate surface area is 117 Å². The summed E-state index contributed by atoms with van der Waals surface area (Å²) >= 11 is 0. The Morgan fingerprint density at radius 3 is 1.89 bits per heavy atom. The number of hydrogen-bond acceptors (Lipinski definition) is 4. The maximum atomic E-state index is 11.6. The van der Waals surface area contributed by atoms with Crippen molar-refractivity contribution in [1.29, 1.82) is 0 Å². The van der Waals surface area contributed by atoms with Crippen molar-refractivity contribution in [2.24, 2.45) is 5.41 Å². The van der Waals surface area contributed by atoms with E-state index in [2.05, 4.69) is 0 Å². The molecule has 0 saturated carbocycles. The Kier molecular flexibility index (Phi) is 7.01. The van der Waals surface area contributed by atoms with Crippen LogP contribution in [0, 0.1) is 5.41 Å². The molecular formula is C15H30O4. The third-order valence-electron chi connectivity index (χ3n) is 2.23. The van der Waals surface area contributed by atoms with Crippen LogP contribution in [0.2, 0.25) is 0 Å². The van der Waals surface area contributed by atoms with Crippen LogP contribution in [-0.2, 0) is 19.0 Å². The van der Waals surface area contributed by atoms with Gasteiger partial charge in [0.2, 0.25) is 0 Å². The molecule has 0 aliphatic heterocycles. The summed E-state index contributed by atoms with van der Waals surface area (Å²) < 4.78 is 16.5. The Balaban J connectivity index is 3.88. The molecule has 114 valence electrons. The predicted molar refractivity (Wildman–Crippen MR) is 76.1 cm³/mol. The SMILES string of the molecule is CC(COC(=O)C(C)(C)C)OCC(C)OC(C)(C)C. The lowest BCUT2D eigenvalue weighted by atomic mass is 9.97. The van der Waals surface area contributed by atoms with Crippen molar-refractivity contribution in [3.8, 4) is 0 Å². The molecule has 0 aromatic carbocycles. The molecule has 0 heterocycles. The number of rotatable bonds is 6. The minimum Gasteiger partial charge on any atom is -0.463 e. The van der Waals surface area contributed by atoms with Gasteiger partial charge in [0.25, 0.3) is 0 Å². The summed E-state index contributed by atoms with van der Waals surface area (Å²) in [6.45, 7) is 16.2. The van der Waals surface area contributed by atoms with Gasteiger partial charge in [0.05, 0.1) is 29.8 Å². The van der Waals surface area contributed by atoms with Crippen LogP contribution in [0.5, 0.6) is 0 Å². The van der Waals surface area contributed by atoms with Crippen molar-refractivity contribution in [2.75, 3.05) is 13.2 Å². The molecule has 4 nitrogen and oxygen atoms in total. The average molecular weight is 274 g/mol. The molecule has 0 amide bonds. The van der Waals surface area contributed by atoms with Crippen LogP contribution in [0.1, 0.15) is 55.4 Å². The van der Waals surface area contributed by atoms with Crippen LogP contribution in [-0.4, -0.2) is 37.0 Å². The fraction of sp³-hybridized carbons (Fsp3) is 0.933. The Morgan fingerprint density at radius 2 is 1.47 bits per heavy atom. The van der Waals surface area contributed by atoms with Crippen molar-refractivity contribution >= 4 is 5.97 Å². The van der Waals surface area contributed by atoms with E-state index in [0.29, 0.717) is 6.61 Å². The summed E-state index contributed by atoms with van der Waals surface area (Å²) in [6, 6.07) is 0. The molecule has 0 fully saturated rings. The second-order valence-electron chi connectivity index (χ2n) is 7.03. The largest absolute Gasteiger partial charge is 0.463 e. The average Bonchev–Trinajstić information content (AvgIpc) is 2.19. The van der Waals surface area contributed by atoms with Gasteiger partial charge in [0.15, 0.2) is 0 Å². The summed E-state index contributed by atoms with van der Waals surface area (Å²) in [5.74, 6) is -0.207. The Hall–Kier alpha value is -0.610. The predicted octanol–water partition coefficient (Wildman–Crippen LogP) is 3.18. The zero-order valence-corrected chi connectivity index (χ0v) is 13.7. The molecule has 2 unspecified atom stereocenters. The molecule has 0 aliphatic carbocycles. The van der Waals surface area contributed by atoms with Crippen molar-refractivity contribution < 1.29 is 19.0 Å². The van der Waals surface area contributed by atoms with Gasteiger partial charge in [-0.2, -0.15) is 0 Å². The van der Waals surface area contributed by atoms with Gasteiger partial charge in [-0.1, -0.05) is 0 Å². The molecule has 0 rings (SSSR count). The number of carbonyl (C=O) groups excluding carboxylic acids is 1. The van der Waals surface area contributed by atoms with Gasteiger partial charge in [-0.3, -0.25) is 4.79 Å². The lowest BCUT2D eigenvalue weighted by Crippen LogP contribution is -2.32. The molecular weight excluding hydrogens is 244 g/mol. The number of ether oxygens (including phenoxy) is 3. The van der Waals surface area contributed by atoms with Gasteiger partial charge < -0.3 is 14.2 Å². The van der Waals surface area contributed by atoms with Crippen molar-refractivity contribution in [3.05, 3.63) is 0 Å². The van der Waals surface area contributed by atoms with Gasteiger partial charge in [-0.05, 0) is 55.4 Å². The molecule has 2 atom stereocenters. The van der Waals surface area contributed by atoms with Crippen LogP contribution < -0.4 is 0 Å². The molecule has 0 radical (unpaired) electrons. The lowest BCUT2D eigenvalue weighted by molar-refractivity contribution is -0.158. The molecule has 0 spiro atoms. The van der Waals surface area contributed by atoms with E-state index in [1.54, 1.807) is 0 Å². The van der Waals surface area contributed by atoms with E-state index >= 15 is 0 Å². The second-order valence-corrected chi connectivity index (χ2v) is 7.03. The molecule has 0 saturated heterocycles. The van der Waals surface area contributed by atoms with Crippen LogP contribution in [0.3, 0.4) is 0 Å². The number of hydrogen-bond donors (Lipinski definition) is 0. The van der Waals surface area contributed by atoms with E-state index < -0.39 is 5.41 Å². The summed E-state index contributed by atoms with van der Waals surface area (Å²) in [5, 5.41) is 0. The Morgan fingerprint density at radius 1 is 0.947 bits per heavy atom. The molecule has 0 aliphatic rings. The standard InChI is InChI=1S/C15H30O4/c1-11(9-18-13(16)14(3,4)5)17-10-12(2)19-15(6,7)8/h11-12H,9-10H2,1-8H3. The van der Waals surface area contributed by atoms with E-state index in [1.807, 2.05) is 55.4 Å². The van der Waals surface area contributed by atoms with Crippen molar-refractivity contribution in [1.82, 2.24) is 0 Å². The lowest BCUT2D eigenvalue weighted by Gasteiger charge is -2.26. The first-order valence-corrected chi connectivity index (χ1v) is 6.88. The van der Waals surface area contributed by atoms with Crippen LogP contribution in [0.25, 0.3) is 0 Å². The smallest absolute Gasteiger partial charge is 0.311 e.